The first-order chi connectivity index (χ1) is 9.51. The van der Waals surface area contributed by atoms with E-state index < -0.39 is 5.82 Å². The number of hydrogen-bond acceptors (Lipinski definition) is 2. The molecule has 20 heavy (non-hydrogen) atoms. The number of rotatable bonds is 2. The Bertz CT molecular complexity index is 722. The molecule has 0 bridgehead atoms. The maximum absolute atomic E-state index is 13.2. The summed E-state index contributed by atoms with van der Waals surface area (Å²) in [5, 5.41) is 11.4. The van der Waals surface area contributed by atoms with Crippen LogP contribution in [0.15, 0.2) is 40.9 Å². The van der Waals surface area contributed by atoms with Crippen LogP contribution in [0.3, 0.4) is 0 Å². The molecule has 2 aromatic carbocycles. The minimum absolute atomic E-state index is 0.106. The molecule has 2 rings (SSSR count). The molecule has 0 aliphatic carbocycles. The predicted octanol–water partition coefficient (Wildman–Crippen LogP) is 4.02. The van der Waals surface area contributed by atoms with E-state index >= 15 is 0 Å². The largest absolute Gasteiger partial charge is 0.322 e. The number of nitrogens with one attached hydrogen (secondary N) is 1. The van der Waals surface area contributed by atoms with Crippen molar-refractivity contribution in [1.82, 2.24) is 0 Å². The van der Waals surface area contributed by atoms with Gasteiger partial charge in [-0.1, -0.05) is 6.07 Å². The monoisotopic (exact) mass is 332 g/mol. The van der Waals surface area contributed by atoms with Crippen LogP contribution in [0.5, 0.6) is 0 Å². The summed E-state index contributed by atoms with van der Waals surface area (Å²) in [6.45, 7) is 1.92. The minimum atomic E-state index is -0.609. The quantitative estimate of drug-likeness (QED) is 0.902. The minimum Gasteiger partial charge on any atom is -0.322 e. The Labute approximate surface area is 124 Å². The number of carbonyl (C=O) groups excluding carboxylic acids is 1. The van der Waals surface area contributed by atoms with Gasteiger partial charge in [0.15, 0.2) is 0 Å². The molecular formula is C15H10BrFN2O. The highest BCUT2D eigenvalue weighted by atomic mass is 79.9. The van der Waals surface area contributed by atoms with Gasteiger partial charge < -0.3 is 5.32 Å². The first-order valence-electron chi connectivity index (χ1n) is 5.78. The maximum Gasteiger partial charge on any atom is 0.256 e. The van der Waals surface area contributed by atoms with Gasteiger partial charge in [-0.3, -0.25) is 4.79 Å². The van der Waals surface area contributed by atoms with Crippen LogP contribution in [0.4, 0.5) is 10.1 Å². The van der Waals surface area contributed by atoms with Crippen molar-refractivity contribution in [3.8, 4) is 6.07 Å². The average molecular weight is 333 g/mol. The zero-order valence-corrected chi connectivity index (χ0v) is 12.2. The van der Waals surface area contributed by atoms with Crippen molar-refractivity contribution in [1.29, 1.82) is 5.26 Å². The van der Waals surface area contributed by atoms with Crippen molar-refractivity contribution in [2.45, 2.75) is 6.92 Å². The van der Waals surface area contributed by atoms with E-state index in [0.717, 1.165) is 11.6 Å². The smallest absolute Gasteiger partial charge is 0.256 e. The second-order valence-corrected chi connectivity index (χ2v) is 5.10. The second kappa shape index (κ2) is 5.85. The van der Waals surface area contributed by atoms with Crippen LogP contribution >= 0.6 is 15.9 Å². The lowest BCUT2D eigenvalue weighted by molar-refractivity contribution is 0.102. The summed E-state index contributed by atoms with van der Waals surface area (Å²) < 4.78 is 13.9. The summed E-state index contributed by atoms with van der Waals surface area (Å²) in [6, 6.07) is 11.0. The Kier molecular flexibility index (Phi) is 4.16. The standard InChI is InChI=1S/C15H10BrFN2O/c1-9-2-4-12(13(16)6-9)15(20)19-11-3-5-14(17)10(7-11)8-18/h2-7H,1H3,(H,19,20). The number of aryl methyl sites for hydroxylation is 1. The first-order valence-corrected chi connectivity index (χ1v) is 6.57. The number of benzene rings is 2. The van der Waals surface area contributed by atoms with Crippen LogP contribution in [0, 0.1) is 24.1 Å². The van der Waals surface area contributed by atoms with Gasteiger partial charge in [0.2, 0.25) is 0 Å². The third kappa shape index (κ3) is 3.03. The number of halogens is 2. The van der Waals surface area contributed by atoms with Crippen LogP contribution in [0.25, 0.3) is 0 Å². The van der Waals surface area contributed by atoms with Crippen molar-refractivity contribution in [3.63, 3.8) is 0 Å². The first kappa shape index (κ1) is 14.2. The molecule has 1 amide bonds. The molecule has 0 fully saturated rings. The predicted molar refractivity (Wildman–Crippen MR) is 77.9 cm³/mol. The second-order valence-electron chi connectivity index (χ2n) is 4.24. The van der Waals surface area contributed by atoms with Crippen LogP contribution in [0.2, 0.25) is 0 Å². The van der Waals surface area contributed by atoms with E-state index in [4.69, 9.17) is 5.26 Å². The Balaban J connectivity index is 2.26. The fourth-order valence-electron chi connectivity index (χ4n) is 1.69. The Morgan fingerprint density at radius 2 is 2.05 bits per heavy atom. The van der Waals surface area contributed by atoms with Crippen LogP contribution in [0.1, 0.15) is 21.5 Å². The number of carbonyl (C=O) groups is 1. The summed E-state index contributed by atoms with van der Waals surface area (Å²) in [4.78, 5) is 12.1. The Morgan fingerprint density at radius 3 is 2.70 bits per heavy atom. The summed E-state index contributed by atoms with van der Waals surface area (Å²) in [5.74, 6) is -0.936. The van der Waals surface area contributed by atoms with Crippen molar-refractivity contribution in [3.05, 3.63) is 63.4 Å². The van der Waals surface area contributed by atoms with Gasteiger partial charge in [-0.15, -0.1) is 0 Å². The summed E-state index contributed by atoms with van der Waals surface area (Å²) >= 11 is 3.33. The van der Waals surface area contributed by atoms with Gasteiger partial charge in [-0.05, 0) is 58.7 Å². The molecule has 0 radical (unpaired) electrons. The molecule has 0 spiro atoms. The highest BCUT2D eigenvalue weighted by Gasteiger charge is 2.11. The molecule has 100 valence electrons. The number of anilines is 1. The lowest BCUT2D eigenvalue weighted by Gasteiger charge is -2.08. The molecule has 3 nitrogen and oxygen atoms in total. The molecule has 2 aromatic rings. The van der Waals surface area contributed by atoms with Gasteiger partial charge >= 0.3 is 0 Å². The Morgan fingerprint density at radius 1 is 1.30 bits per heavy atom. The average Bonchev–Trinajstić information content (AvgIpc) is 2.40. The Hall–Kier alpha value is -2.19. The maximum atomic E-state index is 13.2. The highest BCUT2D eigenvalue weighted by Crippen LogP contribution is 2.20. The molecule has 0 aliphatic rings. The number of amides is 1. The summed E-state index contributed by atoms with van der Waals surface area (Å²) in [7, 11) is 0. The van der Waals surface area contributed by atoms with E-state index in [1.165, 1.54) is 12.1 Å². The molecule has 0 saturated carbocycles. The van der Waals surface area contributed by atoms with E-state index in [9.17, 15) is 9.18 Å². The van der Waals surface area contributed by atoms with Crippen LogP contribution in [-0.4, -0.2) is 5.91 Å². The molecule has 0 aromatic heterocycles. The van der Waals surface area contributed by atoms with Gasteiger partial charge in [0.1, 0.15) is 11.9 Å². The third-order valence-electron chi connectivity index (χ3n) is 2.71. The van der Waals surface area contributed by atoms with Gasteiger partial charge in [0.25, 0.3) is 5.91 Å². The lowest BCUT2D eigenvalue weighted by Crippen LogP contribution is -2.12. The van der Waals surface area contributed by atoms with Crippen LogP contribution < -0.4 is 5.32 Å². The molecule has 0 atom stereocenters. The van der Waals surface area contributed by atoms with Gasteiger partial charge in [-0.2, -0.15) is 5.26 Å². The molecule has 0 saturated heterocycles. The van der Waals surface area contributed by atoms with Crippen molar-refractivity contribution < 1.29 is 9.18 Å². The topological polar surface area (TPSA) is 52.9 Å². The normalized spacial score (nSPS) is 9.90. The molecule has 0 aliphatic heterocycles. The molecule has 1 N–H and O–H groups in total. The SMILES string of the molecule is Cc1ccc(C(=O)Nc2ccc(F)c(C#N)c2)c(Br)c1. The zero-order chi connectivity index (χ0) is 14.7. The van der Waals surface area contributed by atoms with Gasteiger partial charge in [0, 0.05) is 10.2 Å². The molecular weight excluding hydrogens is 323 g/mol. The van der Waals surface area contributed by atoms with E-state index in [-0.39, 0.29) is 11.5 Å². The summed E-state index contributed by atoms with van der Waals surface area (Å²) in [5.41, 5.74) is 1.77. The molecule has 0 unspecified atom stereocenters. The van der Waals surface area contributed by atoms with E-state index in [0.29, 0.717) is 15.7 Å². The van der Waals surface area contributed by atoms with Crippen LogP contribution in [-0.2, 0) is 0 Å². The van der Waals surface area contributed by atoms with E-state index in [1.54, 1.807) is 12.1 Å². The number of nitriles is 1. The summed E-state index contributed by atoms with van der Waals surface area (Å²) in [6.07, 6.45) is 0. The van der Waals surface area contributed by atoms with Gasteiger partial charge in [0.05, 0.1) is 11.1 Å². The zero-order valence-electron chi connectivity index (χ0n) is 10.6. The fraction of sp³-hybridized carbons (Fsp3) is 0.0667. The molecule has 5 heteroatoms. The highest BCUT2D eigenvalue weighted by molar-refractivity contribution is 9.10. The number of nitrogens with zero attached hydrogens (tertiary/aromatic N) is 1. The van der Waals surface area contributed by atoms with Crippen molar-refractivity contribution in [2.75, 3.05) is 5.32 Å². The van der Waals surface area contributed by atoms with Crippen molar-refractivity contribution >= 4 is 27.5 Å². The fourth-order valence-corrected chi connectivity index (χ4v) is 2.36. The van der Waals surface area contributed by atoms with E-state index in [2.05, 4.69) is 21.2 Å². The van der Waals surface area contributed by atoms with Crippen molar-refractivity contribution in [2.24, 2.45) is 0 Å². The third-order valence-corrected chi connectivity index (χ3v) is 3.37. The molecule has 0 heterocycles. The van der Waals surface area contributed by atoms with E-state index in [1.807, 2.05) is 19.1 Å². The van der Waals surface area contributed by atoms with Gasteiger partial charge in [-0.25, -0.2) is 4.39 Å². The lowest BCUT2D eigenvalue weighted by atomic mass is 10.1. The number of hydrogen-bond donors (Lipinski definition) is 1.